The summed E-state index contributed by atoms with van der Waals surface area (Å²) in [6.45, 7) is 1.95. The summed E-state index contributed by atoms with van der Waals surface area (Å²) < 4.78 is 5.63. The Morgan fingerprint density at radius 2 is 2.21 bits per heavy atom. The van der Waals surface area contributed by atoms with Gasteiger partial charge in [0.05, 0.1) is 6.61 Å². The Bertz CT molecular complexity index is 545. The quantitative estimate of drug-likeness (QED) is 0.486. The summed E-state index contributed by atoms with van der Waals surface area (Å²) in [6, 6.07) is 7.53. The SMILES string of the molecule is CCOC(=O)/C(C#N)=C/c1ccc(N(C)C)cc1Br. The molecule has 0 saturated heterocycles. The molecule has 0 aromatic heterocycles. The van der Waals surface area contributed by atoms with Crippen LogP contribution >= 0.6 is 15.9 Å². The number of esters is 1. The lowest BCUT2D eigenvalue weighted by atomic mass is 10.1. The van der Waals surface area contributed by atoms with Crippen LogP contribution in [0.3, 0.4) is 0 Å². The Morgan fingerprint density at radius 3 is 2.68 bits per heavy atom. The van der Waals surface area contributed by atoms with Gasteiger partial charge in [-0.2, -0.15) is 5.26 Å². The fraction of sp³-hybridized carbons (Fsp3) is 0.286. The van der Waals surface area contributed by atoms with Gasteiger partial charge >= 0.3 is 5.97 Å². The molecule has 0 N–H and O–H groups in total. The Morgan fingerprint density at radius 1 is 1.53 bits per heavy atom. The molecule has 0 saturated carbocycles. The third-order valence-corrected chi connectivity index (χ3v) is 3.10. The number of rotatable bonds is 4. The molecule has 0 aliphatic heterocycles. The van der Waals surface area contributed by atoms with Gasteiger partial charge in [-0.05, 0) is 30.7 Å². The minimum Gasteiger partial charge on any atom is -0.462 e. The van der Waals surface area contributed by atoms with Gasteiger partial charge in [0.2, 0.25) is 0 Å². The second-order valence-electron chi connectivity index (χ2n) is 3.99. The number of carbonyl (C=O) groups is 1. The van der Waals surface area contributed by atoms with Crippen molar-refractivity contribution in [2.45, 2.75) is 6.92 Å². The zero-order valence-electron chi connectivity index (χ0n) is 11.1. The molecule has 1 aromatic carbocycles. The molecule has 1 rings (SSSR count). The topological polar surface area (TPSA) is 53.3 Å². The number of ether oxygens (including phenoxy) is 1. The predicted molar refractivity (Wildman–Crippen MR) is 78.7 cm³/mol. The summed E-state index contributed by atoms with van der Waals surface area (Å²) in [7, 11) is 3.88. The molecular formula is C14H15BrN2O2. The van der Waals surface area contributed by atoms with Crippen LogP contribution in [0.4, 0.5) is 5.69 Å². The summed E-state index contributed by atoms with van der Waals surface area (Å²) in [5, 5.41) is 8.98. The fourth-order valence-corrected chi connectivity index (χ4v) is 1.89. The number of nitrogens with zero attached hydrogens (tertiary/aromatic N) is 2. The number of carbonyl (C=O) groups excluding carboxylic acids is 1. The zero-order chi connectivity index (χ0) is 14.4. The van der Waals surface area contributed by atoms with Gasteiger partial charge in [0.15, 0.2) is 0 Å². The van der Waals surface area contributed by atoms with Crippen molar-refractivity contribution < 1.29 is 9.53 Å². The van der Waals surface area contributed by atoms with Crippen molar-refractivity contribution >= 4 is 33.7 Å². The van der Waals surface area contributed by atoms with E-state index in [1.54, 1.807) is 6.92 Å². The molecule has 0 aliphatic carbocycles. The minimum atomic E-state index is -0.603. The van der Waals surface area contributed by atoms with Crippen LogP contribution in [-0.4, -0.2) is 26.7 Å². The minimum absolute atomic E-state index is 0.0137. The molecule has 0 bridgehead atoms. The molecule has 0 aliphatic rings. The highest BCUT2D eigenvalue weighted by Gasteiger charge is 2.11. The van der Waals surface area contributed by atoms with E-state index < -0.39 is 5.97 Å². The first-order valence-electron chi connectivity index (χ1n) is 5.75. The standard InChI is InChI=1S/C14H15BrN2O2/c1-4-19-14(18)11(9-16)7-10-5-6-12(17(2)3)8-13(10)15/h5-8H,4H2,1-3H3/b11-7+. The van der Waals surface area contributed by atoms with E-state index >= 15 is 0 Å². The van der Waals surface area contributed by atoms with Crippen LogP contribution in [0.5, 0.6) is 0 Å². The lowest BCUT2D eigenvalue weighted by Crippen LogP contribution is -2.08. The van der Waals surface area contributed by atoms with Crippen molar-refractivity contribution in [1.82, 2.24) is 0 Å². The number of anilines is 1. The molecule has 4 nitrogen and oxygen atoms in total. The van der Waals surface area contributed by atoms with E-state index in [4.69, 9.17) is 10.00 Å². The first-order chi connectivity index (χ1) is 8.99. The molecule has 0 atom stereocenters. The predicted octanol–water partition coefficient (Wildman–Crippen LogP) is 2.99. The highest BCUT2D eigenvalue weighted by molar-refractivity contribution is 9.10. The van der Waals surface area contributed by atoms with E-state index in [1.807, 2.05) is 43.3 Å². The summed E-state index contributed by atoms with van der Waals surface area (Å²) >= 11 is 3.43. The maximum absolute atomic E-state index is 11.5. The Hall–Kier alpha value is -1.80. The van der Waals surface area contributed by atoms with Crippen LogP contribution in [0.1, 0.15) is 12.5 Å². The summed E-state index contributed by atoms with van der Waals surface area (Å²) in [5.41, 5.74) is 1.77. The van der Waals surface area contributed by atoms with Gasteiger partial charge in [-0.25, -0.2) is 4.79 Å². The first kappa shape index (κ1) is 15.3. The maximum atomic E-state index is 11.5. The lowest BCUT2D eigenvalue weighted by molar-refractivity contribution is -0.137. The lowest BCUT2D eigenvalue weighted by Gasteiger charge is -2.13. The van der Waals surface area contributed by atoms with Gasteiger partial charge in [0, 0.05) is 24.3 Å². The Balaban J connectivity index is 3.10. The average molecular weight is 323 g/mol. The number of hydrogen-bond donors (Lipinski definition) is 0. The van der Waals surface area contributed by atoms with E-state index in [9.17, 15) is 4.79 Å². The Kier molecular flexibility index (Phi) is 5.58. The summed E-state index contributed by atoms with van der Waals surface area (Å²) in [6.07, 6.45) is 1.52. The molecular weight excluding hydrogens is 308 g/mol. The zero-order valence-corrected chi connectivity index (χ0v) is 12.7. The van der Waals surface area contributed by atoms with Gasteiger partial charge in [-0.3, -0.25) is 0 Å². The normalized spacial score (nSPS) is 10.8. The molecule has 0 amide bonds. The van der Waals surface area contributed by atoms with Gasteiger partial charge < -0.3 is 9.64 Å². The molecule has 0 heterocycles. The summed E-state index contributed by atoms with van der Waals surface area (Å²) in [4.78, 5) is 13.5. The molecule has 5 heteroatoms. The van der Waals surface area contributed by atoms with Crippen molar-refractivity contribution in [2.24, 2.45) is 0 Å². The number of hydrogen-bond acceptors (Lipinski definition) is 4. The molecule has 0 radical (unpaired) electrons. The third kappa shape index (κ3) is 4.11. The van der Waals surface area contributed by atoms with Gasteiger partial charge in [-0.1, -0.05) is 22.0 Å². The van der Waals surface area contributed by atoms with Crippen molar-refractivity contribution in [1.29, 1.82) is 5.26 Å². The van der Waals surface area contributed by atoms with Crippen LogP contribution in [0.2, 0.25) is 0 Å². The smallest absolute Gasteiger partial charge is 0.348 e. The second-order valence-corrected chi connectivity index (χ2v) is 4.84. The molecule has 0 fully saturated rings. The van der Waals surface area contributed by atoms with Gasteiger partial charge in [0.1, 0.15) is 11.6 Å². The van der Waals surface area contributed by atoms with Crippen LogP contribution in [0.15, 0.2) is 28.2 Å². The largest absolute Gasteiger partial charge is 0.462 e. The van der Waals surface area contributed by atoms with E-state index in [0.717, 1.165) is 15.7 Å². The molecule has 19 heavy (non-hydrogen) atoms. The van der Waals surface area contributed by atoms with E-state index in [1.165, 1.54) is 6.08 Å². The van der Waals surface area contributed by atoms with E-state index in [0.29, 0.717) is 0 Å². The molecule has 0 spiro atoms. The van der Waals surface area contributed by atoms with Crippen molar-refractivity contribution in [3.63, 3.8) is 0 Å². The van der Waals surface area contributed by atoms with E-state index in [-0.39, 0.29) is 12.2 Å². The van der Waals surface area contributed by atoms with Crippen LogP contribution in [0, 0.1) is 11.3 Å². The fourth-order valence-electron chi connectivity index (χ4n) is 1.41. The van der Waals surface area contributed by atoms with Gasteiger partial charge in [0.25, 0.3) is 0 Å². The monoisotopic (exact) mass is 322 g/mol. The molecule has 100 valence electrons. The average Bonchev–Trinajstić information content (AvgIpc) is 2.37. The second kappa shape index (κ2) is 6.95. The van der Waals surface area contributed by atoms with E-state index in [2.05, 4.69) is 15.9 Å². The van der Waals surface area contributed by atoms with Crippen molar-refractivity contribution in [2.75, 3.05) is 25.6 Å². The van der Waals surface area contributed by atoms with Gasteiger partial charge in [-0.15, -0.1) is 0 Å². The number of halogens is 1. The highest BCUT2D eigenvalue weighted by Crippen LogP contribution is 2.25. The first-order valence-corrected chi connectivity index (χ1v) is 6.54. The Labute approximate surface area is 121 Å². The van der Waals surface area contributed by atoms with Crippen LogP contribution < -0.4 is 4.90 Å². The number of benzene rings is 1. The number of nitriles is 1. The maximum Gasteiger partial charge on any atom is 0.348 e. The molecule has 0 unspecified atom stereocenters. The van der Waals surface area contributed by atoms with Crippen LogP contribution in [-0.2, 0) is 9.53 Å². The third-order valence-electron chi connectivity index (χ3n) is 2.42. The van der Waals surface area contributed by atoms with Crippen molar-refractivity contribution in [3.05, 3.63) is 33.8 Å². The highest BCUT2D eigenvalue weighted by atomic mass is 79.9. The molecule has 1 aromatic rings. The van der Waals surface area contributed by atoms with Crippen molar-refractivity contribution in [3.8, 4) is 6.07 Å². The van der Waals surface area contributed by atoms with Crippen LogP contribution in [0.25, 0.3) is 6.08 Å². The summed E-state index contributed by atoms with van der Waals surface area (Å²) in [5.74, 6) is -0.603.